The summed E-state index contributed by atoms with van der Waals surface area (Å²) in [4.78, 5) is 21.1. The summed E-state index contributed by atoms with van der Waals surface area (Å²) in [6, 6.07) is 2.57. The van der Waals surface area contributed by atoms with Crippen LogP contribution in [0.15, 0.2) is 11.2 Å². The molecule has 2 fully saturated rings. The molecule has 7 heteroatoms. The van der Waals surface area contributed by atoms with E-state index >= 15 is 0 Å². The summed E-state index contributed by atoms with van der Waals surface area (Å²) < 4.78 is 0. The van der Waals surface area contributed by atoms with Crippen LogP contribution < -0.4 is 11.1 Å². The Kier molecular flexibility index (Phi) is 6.89. The molecular formula is C17H27ClN4OS. The SMILES string of the molecule is Cc1cc(C)nc(SCC(=O)NC2C3CCCC2CC(N)C3)n1.Cl. The minimum atomic E-state index is 0. The molecule has 2 aliphatic carbocycles. The lowest BCUT2D eigenvalue weighted by Crippen LogP contribution is -2.54. The van der Waals surface area contributed by atoms with Gasteiger partial charge in [0.25, 0.3) is 0 Å². The number of amides is 1. The third-order valence-electron chi connectivity index (χ3n) is 5.00. The van der Waals surface area contributed by atoms with Crippen molar-refractivity contribution in [2.75, 3.05) is 5.75 Å². The third-order valence-corrected chi connectivity index (χ3v) is 5.85. The molecule has 134 valence electrons. The van der Waals surface area contributed by atoms with Crippen LogP contribution in [0.25, 0.3) is 0 Å². The normalized spacial score (nSPS) is 28.8. The van der Waals surface area contributed by atoms with Crippen molar-refractivity contribution >= 4 is 30.1 Å². The molecular weight excluding hydrogens is 344 g/mol. The highest BCUT2D eigenvalue weighted by atomic mass is 35.5. The van der Waals surface area contributed by atoms with E-state index in [1.807, 2.05) is 19.9 Å². The van der Waals surface area contributed by atoms with Gasteiger partial charge in [-0.05, 0) is 57.4 Å². The van der Waals surface area contributed by atoms with E-state index in [0.717, 1.165) is 24.2 Å². The fourth-order valence-electron chi connectivity index (χ4n) is 4.14. The first-order chi connectivity index (χ1) is 11.0. The van der Waals surface area contributed by atoms with Gasteiger partial charge in [-0.3, -0.25) is 4.79 Å². The Morgan fingerprint density at radius 1 is 1.25 bits per heavy atom. The highest BCUT2D eigenvalue weighted by molar-refractivity contribution is 7.99. The average molecular weight is 371 g/mol. The van der Waals surface area contributed by atoms with Gasteiger partial charge >= 0.3 is 0 Å². The van der Waals surface area contributed by atoms with Gasteiger partial charge in [0.05, 0.1) is 5.75 Å². The van der Waals surface area contributed by atoms with Gasteiger partial charge in [-0.2, -0.15) is 0 Å². The summed E-state index contributed by atoms with van der Waals surface area (Å²) in [5.41, 5.74) is 8.03. The Bertz CT molecular complexity index is 551. The van der Waals surface area contributed by atoms with Gasteiger partial charge in [-0.25, -0.2) is 9.97 Å². The van der Waals surface area contributed by atoms with E-state index in [2.05, 4.69) is 15.3 Å². The number of carbonyl (C=O) groups excluding carboxylic acids is 1. The monoisotopic (exact) mass is 370 g/mol. The molecule has 0 saturated heterocycles. The maximum atomic E-state index is 12.3. The van der Waals surface area contributed by atoms with Gasteiger partial charge < -0.3 is 11.1 Å². The van der Waals surface area contributed by atoms with Gasteiger partial charge in [0.2, 0.25) is 5.91 Å². The molecule has 2 saturated carbocycles. The average Bonchev–Trinajstić information content (AvgIpc) is 2.45. The summed E-state index contributed by atoms with van der Waals surface area (Å²) in [6.45, 7) is 3.90. The second-order valence-electron chi connectivity index (χ2n) is 7.00. The maximum Gasteiger partial charge on any atom is 0.230 e. The molecule has 0 aromatic carbocycles. The van der Waals surface area contributed by atoms with E-state index < -0.39 is 0 Å². The fraction of sp³-hybridized carbons (Fsp3) is 0.706. The van der Waals surface area contributed by atoms with Gasteiger partial charge in [0, 0.05) is 23.5 Å². The largest absolute Gasteiger partial charge is 0.352 e. The van der Waals surface area contributed by atoms with Gasteiger partial charge in [0.15, 0.2) is 5.16 Å². The zero-order valence-electron chi connectivity index (χ0n) is 14.3. The van der Waals surface area contributed by atoms with Crippen LogP contribution in [-0.2, 0) is 4.79 Å². The lowest BCUT2D eigenvalue weighted by molar-refractivity contribution is -0.120. The molecule has 5 nitrogen and oxygen atoms in total. The highest BCUT2D eigenvalue weighted by Crippen LogP contribution is 2.39. The number of nitrogens with two attached hydrogens (primary N) is 1. The Balaban J connectivity index is 0.00000208. The standard InChI is InChI=1S/C17H26N4OS.ClH/c1-10-6-11(2)20-17(19-10)23-9-15(22)21-16-12-4-3-5-13(16)8-14(18)7-12;/h6,12-14,16H,3-5,7-9,18H2,1-2H3,(H,21,22);1H. The number of hydrogen-bond donors (Lipinski definition) is 2. The van der Waals surface area contributed by atoms with Crippen LogP contribution in [0, 0.1) is 25.7 Å². The number of rotatable bonds is 4. The highest BCUT2D eigenvalue weighted by Gasteiger charge is 2.39. The van der Waals surface area contributed by atoms with Crippen LogP contribution in [0.2, 0.25) is 0 Å². The third kappa shape index (κ3) is 4.83. The number of halogens is 1. The van der Waals surface area contributed by atoms with E-state index in [-0.39, 0.29) is 18.3 Å². The summed E-state index contributed by atoms with van der Waals surface area (Å²) in [5, 5.41) is 3.95. The topological polar surface area (TPSA) is 80.9 Å². The molecule has 3 rings (SSSR count). The van der Waals surface area contributed by atoms with Crippen molar-refractivity contribution in [3.05, 3.63) is 17.5 Å². The molecule has 0 aliphatic heterocycles. The van der Waals surface area contributed by atoms with E-state index in [1.54, 1.807) is 0 Å². The Morgan fingerprint density at radius 3 is 2.42 bits per heavy atom. The van der Waals surface area contributed by atoms with E-state index in [0.29, 0.717) is 34.8 Å². The van der Waals surface area contributed by atoms with Crippen LogP contribution in [0.4, 0.5) is 0 Å². The first kappa shape index (κ1) is 19.5. The number of hydrogen-bond acceptors (Lipinski definition) is 5. The molecule has 3 N–H and O–H groups in total. The lowest BCUT2D eigenvalue weighted by Gasteiger charge is -2.45. The second kappa shape index (κ2) is 8.50. The van der Waals surface area contributed by atoms with E-state index in [9.17, 15) is 4.79 Å². The molecule has 1 aromatic heterocycles. The lowest BCUT2D eigenvalue weighted by atomic mass is 9.67. The molecule has 2 unspecified atom stereocenters. The summed E-state index contributed by atoms with van der Waals surface area (Å²) >= 11 is 1.42. The zero-order valence-corrected chi connectivity index (χ0v) is 16.0. The van der Waals surface area contributed by atoms with Crippen LogP contribution >= 0.6 is 24.2 Å². The molecule has 0 spiro atoms. The van der Waals surface area contributed by atoms with Gasteiger partial charge in [0.1, 0.15) is 0 Å². The molecule has 1 heterocycles. The van der Waals surface area contributed by atoms with Crippen molar-refractivity contribution in [2.24, 2.45) is 17.6 Å². The number of nitrogens with zero attached hydrogens (tertiary/aromatic N) is 2. The predicted octanol–water partition coefficient (Wildman–Crippen LogP) is 2.63. The number of aromatic nitrogens is 2. The number of aryl methyl sites for hydroxylation is 2. The van der Waals surface area contributed by atoms with Crippen molar-refractivity contribution < 1.29 is 4.79 Å². The number of fused-ring (bicyclic) bond motifs is 2. The van der Waals surface area contributed by atoms with Crippen molar-refractivity contribution in [1.29, 1.82) is 0 Å². The van der Waals surface area contributed by atoms with Gasteiger partial charge in [-0.1, -0.05) is 18.2 Å². The minimum absolute atomic E-state index is 0. The Hall–Kier alpha value is -0.850. The predicted molar refractivity (Wildman–Crippen MR) is 99.4 cm³/mol. The maximum absolute atomic E-state index is 12.3. The molecule has 2 atom stereocenters. The molecule has 1 amide bonds. The van der Waals surface area contributed by atoms with Gasteiger partial charge in [-0.15, -0.1) is 12.4 Å². The Labute approximate surface area is 154 Å². The smallest absolute Gasteiger partial charge is 0.230 e. The minimum Gasteiger partial charge on any atom is -0.352 e. The van der Waals surface area contributed by atoms with Crippen molar-refractivity contribution in [3.8, 4) is 0 Å². The van der Waals surface area contributed by atoms with E-state index in [1.165, 1.54) is 31.0 Å². The number of thioether (sulfide) groups is 1. The Morgan fingerprint density at radius 2 is 1.83 bits per heavy atom. The fourth-order valence-corrected chi connectivity index (χ4v) is 4.90. The van der Waals surface area contributed by atoms with Crippen LogP contribution in [0.1, 0.15) is 43.5 Å². The quantitative estimate of drug-likeness (QED) is 0.629. The summed E-state index contributed by atoms with van der Waals surface area (Å²) in [7, 11) is 0. The van der Waals surface area contributed by atoms with Crippen molar-refractivity contribution in [2.45, 2.75) is 63.2 Å². The molecule has 0 radical (unpaired) electrons. The zero-order chi connectivity index (χ0) is 16.4. The van der Waals surface area contributed by atoms with Crippen LogP contribution in [0.5, 0.6) is 0 Å². The van der Waals surface area contributed by atoms with Crippen LogP contribution in [0.3, 0.4) is 0 Å². The number of nitrogens with one attached hydrogen (secondary N) is 1. The molecule has 1 aromatic rings. The van der Waals surface area contributed by atoms with Crippen molar-refractivity contribution in [1.82, 2.24) is 15.3 Å². The number of carbonyl (C=O) groups is 1. The summed E-state index contributed by atoms with van der Waals surface area (Å²) in [5.74, 6) is 1.59. The van der Waals surface area contributed by atoms with Crippen LogP contribution in [-0.4, -0.2) is 33.7 Å². The summed E-state index contributed by atoms with van der Waals surface area (Å²) in [6.07, 6.45) is 5.77. The van der Waals surface area contributed by atoms with E-state index in [4.69, 9.17) is 5.73 Å². The first-order valence-electron chi connectivity index (χ1n) is 8.51. The first-order valence-corrected chi connectivity index (χ1v) is 9.50. The second-order valence-corrected chi connectivity index (χ2v) is 7.94. The molecule has 2 aliphatic rings. The molecule has 24 heavy (non-hydrogen) atoms. The molecule has 2 bridgehead atoms. The van der Waals surface area contributed by atoms with Crippen molar-refractivity contribution in [3.63, 3.8) is 0 Å².